The van der Waals surface area contributed by atoms with Gasteiger partial charge >= 0.3 is 11.9 Å². The summed E-state index contributed by atoms with van der Waals surface area (Å²) in [6.07, 6.45) is 5.95. The first-order valence-corrected chi connectivity index (χ1v) is 10.6. The van der Waals surface area contributed by atoms with Gasteiger partial charge in [-0.2, -0.15) is 0 Å². The van der Waals surface area contributed by atoms with Crippen LogP contribution in [0.3, 0.4) is 0 Å². The normalized spacial score (nSPS) is 39.8. The molecule has 0 unspecified atom stereocenters. The number of rotatable bonds is 5. The highest BCUT2D eigenvalue weighted by atomic mass is 35.5. The first kappa shape index (κ1) is 21.4. The summed E-state index contributed by atoms with van der Waals surface area (Å²) in [7, 11) is 2.82. The Labute approximate surface area is 172 Å². The standard InChI is InChI=1S/C22H31ClO5/c1-21-8-7-16-15(17(21)9-13(12-24)20(21)23)6-5-14(10-18(25)27-3)22(16,2)11-19(26)28-4/h12,14-17H,5-11H2,1-4H3/t14-,15+,16-,17-,21-,22-/m0/s1. The predicted octanol–water partition coefficient (Wildman–Crippen LogP) is 4.27. The number of carbonyl (C=O) groups excluding carboxylic acids is 3. The average Bonchev–Trinajstić information content (AvgIpc) is 2.94. The second-order valence-corrected chi connectivity index (χ2v) is 9.69. The topological polar surface area (TPSA) is 69.7 Å². The minimum atomic E-state index is -0.331. The molecular formula is C22H31ClO5. The molecule has 0 bridgehead atoms. The summed E-state index contributed by atoms with van der Waals surface area (Å²) in [5, 5.41) is 0.734. The van der Waals surface area contributed by atoms with Gasteiger partial charge in [-0.25, -0.2) is 0 Å². The van der Waals surface area contributed by atoms with E-state index in [2.05, 4.69) is 13.8 Å². The number of fused-ring (bicyclic) bond motifs is 3. The van der Waals surface area contributed by atoms with Gasteiger partial charge in [0.1, 0.15) is 6.29 Å². The molecule has 0 spiro atoms. The Morgan fingerprint density at radius 3 is 2.39 bits per heavy atom. The van der Waals surface area contributed by atoms with Gasteiger partial charge in [0.25, 0.3) is 0 Å². The smallest absolute Gasteiger partial charge is 0.306 e. The van der Waals surface area contributed by atoms with E-state index in [0.717, 1.165) is 49.0 Å². The van der Waals surface area contributed by atoms with E-state index in [4.69, 9.17) is 21.1 Å². The van der Waals surface area contributed by atoms with E-state index in [1.165, 1.54) is 14.2 Å². The minimum Gasteiger partial charge on any atom is -0.469 e. The Morgan fingerprint density at radius 2 is 1.79 bits per heavy atom. The van der Waals surface area contributed by atoms with Crippen molar-refractivity contribution in [1.82, 2.24) is 0 Å². The van der Waals surface area contributed by atoms with Crippen molar-refractivity contribution in [2.75, 3.05) is 14.2 Å². The molecule has 6 heteroatoms. The van der Waals surface area contributed by atoms with Crippen molar-refractivity contribution >= 4 is 29.8 Å². The van der Waals surface area contributed by atoms with Crippen LogP contribution in [0.5, 0.6) is 0 Å². The van der Waals surface area contributed by atoms with Gasteiger partial charge in [0.15, 0.2) is 0 Å². The number of hydrogen-bond donors (Lipinski definition) is 0. The molecule has 3 rings (SSSR count). The number of ether oxygens (including phenoxy) is 2. The minimum absolute atomic E-state index is 0.0834. The van der Waals surface area contributed by atoms with Crippen LogP contribution in [0.2, 0.25) is 0 Å². The fraction of sp³-hybridized carbons (Fsp3) is 0.773. The first-order chi connectivity index (χ1) is 13.2. The molecule has 0 aliphatic heterocycles. The van der Waals surface area contributed by atoms with E-state index >= 15 is 0 Å². The molecule has 3 aliphatic rings. The highest BCUT2D eigenvalue weighted by Gasteiger charge is 2.59. The van der Waals surface area contributed by atoms with Crippen LogP contribution in [0.25, 0.3) is 0 Å². The molecule has 0 radical (unpaired) electrons. The molecule has 0 aromatic rings. The quantitative estimate of drug-likeness (QED) is 0.500. The van der Waals surface area contributed by atoms with Crippen LogP contribution in [-0.2, 0) is 23.9 Å². The molecular weight excluding hydrogens is 380 g/mol. The van der Waals surface area contributed by atoms with Gasteiger partial charge in [-0.1, -0.05) is 25.4 Å². The Balaban J connectivity index is 1.93. The zero-order chi connectivity index (χ0) is 20.7. The summed E-state index contributed by atoms with van der Waals surface area (Å²) in [4.78, 5) is 35.9. The number of hydrogen-bond acceptors (Lipinski definition) is 5. The molecule has 2 saturated carbocycles. The number of aldehydes is 1. The highest BCUT2D eigenvalue weighted by molar-refractivity contribution is 6.32. The maximum Gasteiger partial charge on any atom is 0.306 e. The summed E-state index contributed by atoms with van der Waals surface area (Å²) < 4.78 is 9.93. The van der Waals surface area contributed by atoms with Crippen LogP contribution in [0.4, 0.5) is 0 Å². The van der Waals surface area contributed by atoms with Crippen LogP contribution < -0.4 is 0 Å². The lowest BCUT2D eigenvalue weighted by Crippen LogP contribution is -2.52. The molecule has 3 aliphatic carbocycles. The molecule has 0 aromatic heterocycles. The fourth-order valence-corrected chi connectivity index (χ4v) is 6.93. The van der Waals surface area contributed by atoms with E-state index < -0.39 is 0 Å². The molecule has 28 heavy (non-hydrogen) atoms. The van der Waals surface area contributed by atoms with Crippen LogP contribution in [-0.4, -0.2) is 32.4 Å². The number of allylic oxidation sites excluding steroid dienone is 2. The zero-order valence-electron chi connectivity index (χ0n) is 17.3. The average molecular weight is 411 g/mol. The summed E-state index contributed by atoms with van der Waals surface area (Å²) in [5.74, 6) is 0.614. The molecule has 0 saturated heterocycles. The van der Waals surface area contributed by atoms with E-state index in [9.17, 15) is 14.4 Å². The van der Waals surface area contributed by atoms with E-state index in [-0.39, 0.29) is 28.7 Å². The van der Waals surface area contributed by atoms with Crippen molar-refractivity contribution in [2.45, 2.75) is 58.8 Å². The lowest BCUT2D eigenvalue weighted by molar-refractivity contribution is -0.157. The number of carbonyl (C=O) groups is 3. The number of esters is 2. The van der Waals surface area contributed by atoms with Crippen molar-refractivity contribution in [2.24, 2.45) is 34.5 Å². The molecule has 0 heterocycles. The molecule has 5 nitrogen and oxygen atoms in total. The summed E-state index contributed by atoms with van der Waals surface area (Å²) in [5.41, 5.74) is 0.253. The second-order valence-electron chi connectivity index (χ2n) is 9.31. The van der Waals surface area contributed by atoms with Crippen LogP contribution in [0.1, 0.15) is 58.8 Å². The second kappa shape index (κ2) is 7.81. The van der Waals surface area contributed by atoms with Gasteiger partial charge < -0.3 is 9.47 Å². The Hall–Kier alpha value is -1.36. The highest BCUT2D eigenvalue weighted by Crippen LogP contribution is 2.66. The van der Waals surface area contributed by atoms with Crippen LogP contribution in [0, 0.1) is 34.5 Å². The van der Waals surface area contributed by atoms with Crippen molar-refractivity contribution < 1.29 is 23.9 Å². The Morgan fingerprint density at radius 1 is 1.11 bits per heavy atom. The number of halogens is 1. The fourth-order valence-electron chi connectivity index (χ4n) is 6.58. The molecule has 6 atom stereocenters. The lowest BCUT2D eigenvalue weighted by Gasteiger charge is -2.58. The molecule has 0 amide bonds. The molecule has 156 valence electrons. The monoisotopic (exact) mass is 410 g/mol. The third kappa shape index (κ3) is 3.30. The summed E-state index contributed by atoms with van der Waals surface area (Å²) >= 11 is 6.63. The van der Waals surface area contributed by atoms with E-state index in [0.29, 0.717) is 30.6 Å². The molecule has 2 fully saturated rings. The van der Waals surface area contributed by atoms with Crippen LogP contribution in [0.15, 0.2) is 10.6 Å². The maximum absolute atomic E-state index is 12.3. The van der Waals surface area contributed by atoms with Crippen molar-refractivity contribution in [3.63, 3.8) is 0 Å². The van der Waals surface area contributed by atoms with E-state index in [1.807, 2.05) is 0 Å². The predicted molar refractivity (Wildman–Crippen MR) is 105 cm³/mol. The van der Waals surface area contributed by atoms with Gasteiger partial charge in [0.2, 0.25) is 0 Å². The van der Waals surface area contributed by atoms with Crippen molar-refractivity contribution in [1.29, 1.82) is 0 Å². The van der Waals surface area contributed by atoms with Crippen molar-refractivity contribution in [3.05, 3.63) is 10.6 Å². The molecule has 0 aromatic carbocycles. The van der Waals surface area contributed by atoms with Crippen molar-refractivity contribution in [3.8, 4) is 0 Å². The number of methoxy groups -OCH3 is 2. The maximum atomic E-state index is 12.3. The van der Waals surface area contributed by atoms with Gasteiger partial charge in [0.05, 0.1) is 20.6 Å². The first-order valence-electron chi connectivity index (χ1n) is 10.2. The van der Waals surface area contributed by atoms with Gasteiger partial charge in [0, 0.05) is 22.4 Å². The SMILES string of the molecule is COC(=O)C[C@@H]1CC[C@@H]2[C@H](CC[C@]3(C)C(Cl)=C(C=O)C[C@@H]23)[C@@]1(C)CC(=O)OC. The summed E-state index contributed by atoms with van der Waals surface area (Å²) in [6, 6.07) is 0. The Kier molecular flexibility index (Phi) is 5.96. The third-order valence-corrected chi connectivity index (χ3v) is 8.89. The summed E-state index contributed by atoms with van der Waals surface area (Å²) in [6.45, 7) is 4.33. The van der Waals surface area contributed by atoms with Gasteiger partial charge in [-0.05, 0) is 61.2 Å². The van der Waals surface area contributed by atoms with Gasteiger partial charge in [-0.15, -0.1) is 0 Å². The zero-order valence-corrected chi connectivity index (χ0v) is 18.0. The Bertz CT molecular complexity index is 701. The van der Waals surface area contributed by atoms with Gasteiger partial charge in [-0.3, -0.25) is 14.4 Å². The molecule has 0 N–H and O–H groups in total. The lowest BCUT2D eigenvalue weighted by atomic mass is 9.46. The van der Waals surface area contributed by atoms with Crippen LogP contribution >= 0.6 is 11.6 Å². The third-order valence-electron chi connectivity index (χ3n) is 8.21. The largest absolute Gasteiger partial charge is 0.469 e. The van der Waals surface area contributed by atoms with E-state index in [1.54, 1.807) is 0 Å².